The van der Waals surface area contributed by atoms with Gasteiger partial charge in [0.25, 0.3) is 10.1 Å². The van der Waals surface area contributed by atoms with Crippen LogP contribution < -0.4 is 0 Å². The fourth-order valence-electron chi connectivity index (χ4n) is 0.585. The average Bonchev–Trinajstić information content (AvgIpc) is 1.82. The molecule has 0 saturated carbocycles. The van der Waals surface area contributed by atoms with Gasteiger partial charge in [0.05, 0.1) is 18.8 Å². The average molecular weight is 182 g/mol. The van der Waals surface area contributed by atoms with Crippen molar-refractivity contribution in [2.75, 3.05) is 12.9 Å². The third kappa shape index (κ3) is 4.74. The molecule has 1 N–H and O–H groups in total. The molecule has 0 aliphatic heterocycles. The second-order valence-electron chi connectivity index (χ2n) is 2.17. The third-order valence-corrected chi connectivity index (χ3v) is 1.99. The maximum absolute atomic E-state index is 10.6. The van der Waals surface area contributed by atoms with Gasteiger partial charge in [-0.05, 0) is 0 Å². The highest BCUT2D eigenvalue weighted by Gasteiger charge is 2.19. The lowest BCUT2D eigenvalue weighted by Crippen LogP contribution is -2.21. The van der Waals surface area contributed by atoms with Crippen molar-refractivity contribution < 1.29 is 22.5 Å². The quantitative estimate of drug-likeness (QED) is 0.478. The van der Waals surface area contributed by atoms with Crippen LogP contribution in [-0.4, -0.2) is 31.8 Å². The Morgan fingerprint density at radius 1 is 1.64 bits per heavy atom. The molecule has 0 aromatic rings. The van der Waals surface area contributed by atoms with Gasteiger partial charge in [-0.25, -0.2) is 0 Å². The van der Waals surface area contributed by atoms with Crippen LogP contribution in [0.5, 0.6) is 0 Å². The first-order chi connectivity index (χ1) is 4.87. The highest BCUT2D eigenvalue weighted by atomic mass is 32.2. The molecule has 66 valence electrons. The molecule has 5 nitrogen and oxygen atoms in total. The number of carbonyl (C=O) groups excluding carboxylic acids is 1. The summed E-state index contributed by atoms with van der Waals surface area (Å²) in [4.78, 5) is 10.6. The number of hydrogen-bond donors (Lipinski definition) is 1. The van der Waals surface area contributed by atoms with E-state index in [1.54, 1.807) is 0 Å². The smallest absolute Gasteiger partial charge is 0.309 e. The van der Waals surface area contributed by atoms with Gasteiger partial charge in [-0.15, -0.1) is 0 Å². The summed E-state index contributed by atoms with van der Waals surface area (Å²) in [5.74, 6) is -2.07. The maximum Gasteiger partial charge on any atom is 0.309 e. The van der Waals surface area contributed by atoms with Crippen molar-refractivity contribution in [1.82, 2.24) is 0 Å². The molecule has 0 heterocycles. The summed E-state index contributed by atoms with van der Waals surface area (Å²) >= 11 is 0. The van der Waals surface area contributed by atoms with Gasteiger partial charge in [0.15, 0.2) is 0 Å². The van der Waals surface area contributed by atoms with E-state index < -0.39 is 27.8 Å². The first-order valence-electron chi connectivity index (χ1n) is 2.90. The molecule has 0 spiro atoms. The Hall–Kier alpha value is -0.620. The number of methoxy groups -OCH3 is 1. The zero-order valence-corrected chi connectivity index (χ0v) is 7.09. The monoisotopic (exact) mass is 182 g/mol. The van der Waals surface area contributed by atoms with E-state index in [4.69, 9.17) is 4.55 Å². The summed E-state index contributed by atoms with van der Waals surface area (Å²) < 4.78 is 33.0. The lowest BCUT2D eigenvalue weighted by Gasteiger charge is -2.05. The van der Waals surface area contributed by atoms with E-state index in [0.717, 1.165) is 7.11 Å². The Labute approximate surface area is 65.1 Å². The Morgan fingerprint density at radius 2 is 2.09 bits per heavy atom. The molecule has 0 radical (unpaired) electrons. The minimum absolute atomic E-state index is 0.598. The molecular formula is C5H10O5S. The molecule has 1 atom stereocenters. The fraction of sp³-hybridized carbons (Fsp3) is 0.800. The standard InChI is InChI=1S/C5H10O5S/c1-4(5(6)10-2)3-11(7,8)9/h4H,3H2,1-2H3,(H,7,8,9). The van der Waals surface area contributed by atoms with Gasteiger partial charge in [0, 0.05) is 0 Å². The topological polar surface area (TPSA) is 80.7 Å². The van der Waals surface area contributed by atoms with E-state index in [1.807, 2.05) is 0 Å². The van der Waals surface area contributed by atoms with Gasteiger partial charge in [0.2, 0.25) is 0 Å². The van der Waals surface area contributed by atoms with E-state index in [0.29, 0.717) is 0 Å². The molecule has 6 heteroatoms. The highest BCUT2D eigenvalue weighted by molar-refractivity contribution is 7.85. The molecule has 0 saturated heterocycles. The van der Waals surface area contributed by atoms with E-state index in [2.05, 4.69) is 4.74 Å². The Kier molecular flexibility index (Phi) is 3.47. The predicted molar refractivity (Wildman–Crippen MR) is 37.6 cm³/mol. The zero-order chi connectivity index (χ0) is 9.07. The number of hydrogen-bond acceptors (Lipinski definition) is 4. The molecule has 0 bridgehead atoms. The van der Waals surface area contributed by atoms with Crippen molar-refractivity contribution in [1.29, 1.82) is 0 Å². The van der Waals surface area contributed by atoms with Gasteiger partial charge >= 0.3 is 5.97 Å². The summed E-state index contributed by atoms with van der Waals surface area (Å²) in [6.07, 6.45) is 0. The second-order valence-corrected chi connectivity index (χ2v) is 3.67. The van der Waals surface area contributed by atoms with Crippen molar-refractivity contribution >= 4 is 16.1 Å². The van der Waals surface area contributed by atoms with Crippen LogP contribution in [0.1, 0.15) is 6.92 Å². The summed E-state index contributed by atoms with van der Waals surface area (Å²) in [6.45, 7) is 1.36. The summed E-state index contributed by atoms with van der Waals surface area (Å²) in [7, 11) is -2.92. The molecule has 0 rings (SSSR count). The van der Waals surface area contributed by atoms with Gasteiger partial charge < -0.3 is 4.74 Å². The fourth-order valence-corrected chi connectivity index (χ4v) is 1.35. The summed E-state index contributed by atoms with van der Waals surface area (Å²) in [5, 5.41) is 0. The molecule has 0 aliphatic rings. The van der Waals surface area contributed by atoms with Crippen molar-refractivity contribution in [2.45, 2.75) is 6.92 Å². The van der Waals surface area contributed by atoms with E-state index in [-0.39, 0.29) is 0 Å². The van der Waals surface area contributed by atoms with Crippen LogP contribution in [0.3, 0.4) is 0 Å². The van der Waals surface area contributed by atoms with Crippen LogP contribution >= 0.6 is 0 Å². The molecule has 0 amide bonds. The SMILES string of the molecule is COC(=O)C(C)CS(=O)(=O)O. The molecular weight excluding hydrogens is 172 g/mol. The highest BCUT2D eigenvalue weighted by Crippen LogP contribution is 2.00. The number of rotatable bonds is 3. The van der Waals surface area contributed by atoms with Gasteiger partial charge in [-0.3, -0.25) is 9.35 Å². The Bertz CT molecular complexity index is 229. The Balaban J connectivity index is 4.09. The molecule has 0 aromatic heterocycles. The van der Waals surface area contributed by atoms with E-state index >= 15 is 0 Å². The van der Waals surface area contributed by atoms with Crippen LogP contribution in [0, 0.1) is 5.92 Å². The van der Waals surface area contributed by atoms with Crippen LogP contribution in [0.25, 0.3) is 0 Å². The van der Waals surface area contributed by atoms with Crippen molar-refractivity contribution in [3.63, 3.8) is 0 Å². The van der Waals surface area contributed by atoms with Crippen LogP contribution in [-0.2, 0) is 19.6 Å². The maximum atomic E-state index is 10.6. The molecule has 0 fully saturated rings. The van der Waals surface area contributed by atoms with Crippen molar-refractivity contribution in [3.05, 3.63) is 0 Å². The first kappa shape index (κ1) is 10.4. The van der Waals surface area contributed by atoms with Gasteiger partial charge in [-0.2, -0.15) is 8.42 Å². The summed E-state index contributed by atoms with van der Waals surface area (Å²) in [6, 6.07) is 0. The lowest BCUT2D eigenvalue weighted by atomic mass is 10.2. The first-order valence-corrected chi connectivity index (χ1v) is 4.50. The van der Waals surface area contributed by atoms with E-state index in [9.17, 15) is 13.2 Å². The molecule has 11 heavy (non-hydrogen) atoms. The minimum atomic E-state index is -4.08. The molecule has 0 aromatic carbocycles. The van der Waals surface area contributed by atoms with Crippen LogP contribution in [0.2, 0.25) is 0 Å². The van der Waals surface area contributed by atoms with E-state index in [1.165, 1.54) is 6.92 Å². The minimum Gasteiger partial charge on any atom is -0.469 e. The predicted octanol–water partition coefficient (Wildman–Crippen LogP) is -0.317. The Morgan fingerprint density at radius 3 is 2.36 bits per heavy atom. The number of esters is 1. The van der Waals surface area contributed by atoms with Gasteiger partial charge in [-0.1, -0.05) is 6.92 Å². The largest absolute Gasteiger partial charge is 0.469 e. The number of ether oxygens (including phenoxy) is 1. The number of carbonyl (C=O) groups is 1. The second kappa shape index (κ2) is 3.68. The normalized spacial score (nSPS) is 14.1. The lowest BCUT2D eigenvalue weighted by molar-refractivity contribution is -0.144. The van der Waals surface area contributed by atoms with Crippen LogP contribution in [0.4, 0.5) is 0 Å². The van der Waals surface area contributed by atoms with Crippen molar-refractivity contribution in [3.8, 4) is 0 Å². The van der Waals surface area contributed by atoms with Crippen molar-refractivity contribution in [2.24, 2.45) is 5.92 Å². The summed E-state index contributed by atoms with van der Waals surface area (Å²) in [5.41, 5.74) is 0. The van der Waals surface area contributed by atoms with Crippen LogP contribution in [0.15, 0.2) is 0 Å². The van der Waals surface area contributed by atoms with Gasteiger partial charge in [0.1, 0.15) is 0 Å². The molecule has 0 aliphatic carbocycles. The third-order valence-electron chi connectivity index (χ3n) is 1.06. The zero-order valence-electron chi connectivity index (χ0n) is 6.27. The molecule has 1 unspecified atom stereocenters.